The summed E-state index contributed by atoms with van der Waals surface area (Å²) in [5.41, 5.74) is 1.20. The minimum Gasteiger partial charge on any atom is -0.254 e. The van der Waals surface area contributed by atoms with Crippen LogP contribution in [0.4, 0.5) is 0 Å². The summed E-state index contributed by atoms with van der Waals surface area (Å²) in [4.78, 5) is 0.904. The summed E-state index contributed by atoms with van der Waals surface area (Å²) in [6.45, 7) is 4.24. The molecule has 0 saturated heterocycles. The van der Waals surface area contributed by atoms with E-state index in [4.69, 9.17) is 11.6 Å². The molecule has 1 aromatic carbocycles. The van der Waals surface area contributed by atoms with E-state index in [-0.39, 0.29) is 5.25 Å². The van der Waals surface area contributed by atoms with Gasteiger partial charge in [0, 0.05) is 10.8 Å². The van der Waals surface area contributed by atoms with Crippen LogP contribution < -0.4 is 0 Å². The molecule has 0 fully saturated rings. The summed E-state index contributed by atoms with van der Waals surface area (Å²) in [5, 5.41) is 0.0891. The molecule has 0 N–H and O–H groups in total. The van der Waals surface area contributed by atoms with Gasteiger partial charge in [0.25, 0.3) is 0 Å². The summed E-state index contributed by atoms with van der Waals surface area (Å²) in [6.07, 6.45) is 5.79. The first-order valence-corrected chi connectivity index (χ1v) is 8.47. The van der Waals surface area contributed by atoms with E-state index in [2.05, 4.69) is 6.92 Å². The van der Waals surface area contributed by atoms with Gasteiger partial charge in [-0.25, -0.2) is 0 Å². The van der Waals surface area contributed by atoms with Crippen molar-refractivity contribution in [1.29, 1.82) is 0 Å². The third-order valence-corrected chi connectivity index (χ3v) is 5.41. The number of hydrogen-bond donors (Lipinski definition) is 0. The van der Waals surface area contributed by atoms with Crippen LogP contribution in [0.1, 0.15) is 44.6 Å². The zero-order valence-electron chi connectivity index (χ0n) is 11.3. The highest BCUT2D eigenvalue weighted by atomic mass is 35.5. The van der Waals surface area contributed by atoms with Crippen molar-refractivity contribution in [3.05, 3.63) is 29.8 Å². The molecule has 0 aromatic heterocycles. The second kappa shape index (κ2) is 8.71. The molecule has 0 aliphatic carbocycles. The number of unbranched alkanes of at least 4 members (excludes halogenated alkanes) is 3. The summed E-state index contributed by atoms with van der Waals surface area (Å²) >= 11 is 5.96. The molecular formula is C15H23ClOS. The fourth-order valence-electron chi connectivity index (χ4n) is 1.91. The molecule has 0 bridgehead atoms. The Kier molecular flexibility index (Phi) is 7.60. The summed E-state index contributed by atoms with van der Waals surface area (Å²) < 4.78 is 12.4. The van der Waals surface area contributed by atoms with E-state index >= 15 is 0 Å². The van der Waals surface area contributed by atoms with Crippen molar-refractivity contribution < 1.29 is 4.21 Å². The quantitative estimate of drug-likeness (QED) is 0.501. The van der Waals surface area contributed by atoms with Crippen molar-refractivity contribution in [2.75, 3.05) is 5.88 Å². The molecule has 0 heterocycles. The van der Waals surface area contributed by atoms with Gasteiger partial charge in [-0.05, 0) is 25.5 Å². The first kappa shape index (κ1) is 15.7. The molecule has 0 spiro atoms. The molecule has 0 radical (unpaired) electrons. The second-order valence-electron chi connectivity index (χ2n) is 4.74. The zero-order valence-corrected chi connectivity index (χ0v) is 12.9. The molecule has 1 aromatic rings. The van der Waals surface area contributed by atoms with Crippen LogP contribution in [0, 0.1) is 6.92 Å². The third-order valence-electron chi connectivity index (χ3n) is 3.11. The van der Waals surface area contributed by atoms with Gasteiger partial charge in [0.15, 0.2) is 0 Å². The average Bonchev–Trinajstić information content (AvgIpc) is 2.39. The maximum absolute atomic E-state index is 12.4. The van der Waals surface area contributed by atoms with Crippen LogP contribution in [0.5, 0.6) is 0 Å². The SMILES string of the molecule is CCCCCC[C@H](CCl)S(=O)c1ccc(C)cc1. The van der Waals surface area contributed by atoms with Gasteiger partial charge in [0.1, 0.15) is 0 Å². The molecule has 102 valence electrons. The standard InChI is InChI=1S/C15H23ClOS/c1-3-4-5-6-7-15(12-16)18(17)14-10-8-13(2)9-11-14/h8-11,15H,3-7,12H2,1-2H3/t15-,18?/m1/s1. The Hall–Kier alpha value is -0.340. The monoisotopic (exact) mass is 286 g/mol. The third kappa shape index (κ3) is 5.11. The number of halogens is 1. The molecule has 3 heteroatoms. The van der Waals surface area contributed by atoms with E-state index in [1.165, 1.54) is 24.8 Å². The molecule has 1 unspecified atom stereocenters. The number of benzene rings is 1. The number of aryl methyl sites for hydroxylation is 1. The Morgan fingerprint density at radius 2 is 1.83 bits per heavy atom. The lowest BCUT2D eigenvalue weighted by Gasteiger charge is -2.13. The lowest BCUT2D eigenvalue weighted by atomic mass is 10.1. The highest BCUT2D eigenvalue weighted by Gasteiger charge is 2.16. The minimum atomic E-state index is -0.967. The lowest BCUT2D eigenvalue weighted by molar-refractivity contribution is 0.616. The predicted molar refractivity (Wildman–Crippen MR) is 80.9 cm³/mol. The first-order valence-electron chi connectivity index (χ1n) is 6.72. The summed E-state index contributed by atoms with van der Waals surface area (Å²) in [5.74, 6) is 0.479. The van der Waals surface area contributed by atoms with Gasteiger partial charge in [-0.3, -0.25) is 4.21 Å². The van der Waals surface area contributed by atoms with Gasteiger partial charge in [-0.15, -0.1) is 11.6 Å². The Balaban J connectivity index is 2.53. The van der Waals surface area contributed by atoms with Crippen LogP contribution in [-0.4, -0.2) is 15.3 Å². The molecular weight excluding hydrogens is 264 g/mol. The number of alkyl halides is 1. The zero-order chi connectivity index (χ0) is 13.4. The molecule has 0 amide bonds. The maximum Gasteiger partial charge on any atom is 0.0572 e. The van der Waals surface area contributed by atoms with Crippen LogP contribution in [0.2, 0.25) is 0 Å². The van der Waals surface area contributed by atoms with E-state index in [1.54, 1.807) is 0 Å². The second-order valence-corrected chi connectivity index (χ2v) is 6.78. The van der Waals surface area contributed by atoms with Crippen LogP contribution in [0.25, 0.3) is 0 Å². The average molecular weight is 287 g/mol. The van der Waals surface area contributed by atoms with Crippen molar-refractivity contribution in [3.8, 4) is 0 Å². The first-order chi connectivity index (χ1) is 8.69. The fourth-order valence-corrected chi connectivity index (χ4v) is 3.69. The van der Waals surface area contributed by atoms with Gasteiger partial charge in [0.2, 0.25) is 0 Å². The van der Waals surface area contributed by atoms with E-state index in [1.807, 2.05) is 31.2 Å². The normalized spacial score (nSPS) is 14.4. The van der Waals surface area contributed by atoms with E-state index < -0.39 is 10.8 Å². The van der Waals surface area contributed by atoms with Crippen molar-refractivity contribution in [2.24, 2.45) is 0 Å². The van der Waals surface area contributed by atoms with E-state index in [0.717, 1.165) is 17.7 Å². The number of hydrogen-bond acceptors (Lipinski definition) is 1. The van der Waals surface area contributed by atoms with E-state index in [0.29, 0.717) is 5.88 Å². The van der Waals surface area contributed by atoms with Gasteiger partial charge in [-0.1, -0.05) is 50.3 Å². The summed E-state index contributed by atoms with van der Waals surface area (Å²) in [6, 6.07) is 7.93. The highest BCUT2D eigenvalue weighted by Crippen LogP contribution is 2.18. The maximum atomic E-state index is 12.4. The van der Waals surface area contributed by atoms with Gasteiger partial charge in [-0.2, -0.15) is 0 Å². The smallest absolute Gasteiger partial charge is 0.0572 e. The van der Waals surface area contributed by atoms with Gasteiger partial charge in [0.05, 0.1) is 16.0 Å². The molecule has 18 heavy (non-hydrogen) atoms. The van der Waals surface area contributed by atoms with Gasteiger partial charge >= 0.3 is 0 Å². The molecule has 0 aliphatic rings. The molecule has 0 saturated carbocycles. The lowest BCUT2D eigenvalue weighted by Crippen LogP contribution is -2.17. The van der Waals surface area contributed by atoms with Gasteiger partial charge < -0.3 is 0 Å². The topological polar surface area (TPSA) is 17.1 Å². The molecule has 0 aliphatic heterocycles. The van der Waals surface area contributed by atoms with Crippen molar-refractivity contribution in [3.63, 3.8) is 0 Å². The predicted octanol–water partition coefficient (Wildman–Crippen LogP) is 4.68. The Morgan fingerprint density at radius 1 is 1.17 bits per heavy atom. The van der Waals surface area contributed by atoms with Crippen LogP contribution in [0.3, 0.4) is 0 Å². The largest absolute Gasteiger partial charge is 0.254 e. The van der Waals surface area contributed by atoms with Crippen LogP contribution in [-0.2, 0) is 10.8 Å². The minimum absolute atomic E-state index is 0.0891. The van der Waals surface area contributed by atoms with E-state index in [9.17, 15) is 4.21 Å². The Morgan fingerprint density at radius 3 is 2.39 bits per heavy atom. The fraction of sp³-hybridized carbons (Fsp3) is 0.600. The highest BCUT2D eigenvalue weighted by molar-refractivity contribution is 7.85. The van der Waals surface area contributed by atoms with Crippen LogP contribution in [0.15, 0.2) is 29.2 Å². The van der Waals surface area contributed by atoms with Crippen molar-refractivity contribution >= 4 is 22.4 Å². The summed E-state index contributed by atoms with van der Waals surface area (Å²) in [7, 11) is -0.967. The van der Waals surface area contributed by atoms with Crippen molar-refractivity contribution in [1.82, 2.24) is 0 Å². The number of rotatable bonds is 8. The molecule has 1 rings (SSSR count). The Labute approximate surface area is 118 Å². The molecule has 2 atom stereocenters. The Bertz CT molecular complexity index is 361. The van der Waals surface area contributed by atoms with Crippen molar-refractivity contribution in [2.45, 2.75) is 56.1 Å². The molecule has 1 nitrogen and oxygen atoms in total. The van der Waals surface area contributed by atoms with Crippen LogP contribution >= 0.6 is 11.6 Å².